The van der Waals surface area contributed by atoms with Crippen LogP contribution in [0.3, 0.4) is 0 Å². The highest BCUT2D eigenvalue weighted by Crippen LogP contribution is 2.29. The fourth-order valence-electron chi connectivity index (χ4n) is 3.13. The van der Waals surface area contributed by atoms with Crippen LogP contribution in [0, 0.1) is 5.92 Å². The minimum Gasteiger partial charge on any atom is -0.490 e. The van der Waals surface area contributed by atoms with Crippen molar-refractivity contribution in [3.05, 3.63) is 51.2 Å². The van der Waals surface area contributed by atoms with Gasteiger partial charge in [-0.15, -0.1) is 11.3 Å². The topological polar surface area (TPSA) is 105 Å². The van der Waals surface area contributed by atoms with Gasteiger partial charge in [0.05, 0.1) is 21.2 Å². The molecule has 0 bridgehead atoms. The van der Waals surface area contributed by atoms with E-state index in [-0.39, 0.29) is 23.8 Å². The first-order chi connectivity index (χ1) is 13.9. The number of carboxylic acids is 1. The van der Waals surface area contributed by atoms with Crippen LogP contribution in [0.15, 0.2) is 36.4 Å². The monoisotopic (exact) mass is 436 g/mol. The molecular weight excluding hydrogens is 416 g/mol. The molecule has 29 heavy (non-hydrogen) atoms. The molecule has 2 amide bonds. The standard InChI is InChI=1S/C20H21ClN2O5S/c21-17-8-7-16(29-17)19(25)23-10-9-22-18(24)12-1-4-14(5-2-12)28-15-6-3-13(11-15)20(26)27/h1-2,4-5,7-8,13,15H,3,6,9-11H2,(H,22,24)(H,23,25)(H,26,27)/t13-,15-/m1/s1. The smallest absolute Gasteiger partial charge is 0.306 e. The summed E-state index contributed by atoms with van der Waals surface area (Å²) >= 11 is 7.00. The quantitative estimate of drug-likeness (QED) is 0.551. The van der Waals surface area contributed by atoms with Gasteiger partial charge in [0.1, 0.15) is 5.75 Å². The van der Waals surface area contributed by atoms with Crippen molar-refractivity contribution >= 4 is 40.7 Å². The molecule has 154 valence electrons. The predicted molar refractivity (Wildman–Crippen MR) is 110 cm³/mol. The number of hydrogen-bond donors (Lipinski definition) is 3. The third-order valence-electron chi connectivity index (χ3n) is 4.65. The molecule has 0 saturated heterocycles. The van der Waals surface area contributed by atoms with E-state index in [4.69, 9.17) is 21.4 Å². The van der Waals surface area contributed by atoms with Crippen LogP contribution in [0.5, 0.6) is 5.75 Å². The van der Waals surface area contributed by atoms with Crippen molar-refractivity contribution in [2.45, 2.75) is 25.4 Å². The van der Waals surface area contributed by atoms with Gasteiger partial charge in [-0.1, -0.05) is 11.6 Å². The number of amides is 2. The summed E-state index contributed by atoms with van der Waals surface area (Å²) < 4.78 is 6.35. The Labute approximate surface area is 177 Å². The Kier molecular flexibility index (Phi) is 7.11. The fraction of sp³-hybridized carbons (Fsp3) is 0.350. The molecule has 0 aliphatic heterocycles. The van der Waals surface area contributed by atoms with E-state index in [1.54, 1.807) is 36.4 Å². The number of hydrogen-bond acceptors (Lipinski definition) is 5. The van der Waals surface area contributed by atoms with Gasteiger partial charge >= 0.3 is 5.97 Å². The van der Waals surface area contributed by atoms with Crippen molar-refractivity contribution < 1.29 is 24.2 Å². The molecule has 7 nitrogen and oxygen atoms in total. The van der Waals surface area contributed by atoms with E-state index in [1.807, 2.05) is 0 Å². The first-order valence-corrected chi connectivity index (χ1v) is 10.4. The molecule has 1 heterocycles. The molecule has 0 unspecified atom stereocenters. The summed E-state index contributed by atoms with van der Waals surface area (Å²) in [4.78, 5) is 35.6. The highest BCUT2D eigenvalue weighted by molar-refractivity contribution is 7.17. The summed E-state index contributed by atoms with van der Waals surface area (Å²) in [7, 11) is 0. The maximum atomic E-state index is 12.2. The average molecular weight is 437 g/mol. The second-order valence-electron chi connectivity index (χ2n) is 6.73. The van der Waals surface area contributed by atoms with Gasteiger partial charge in [0.15, 0.2) is 0 Å². The van der Waals surface area contributed by atoms with Crippen molar-refractivity contribution in [1.29, 1.82) is 0 Å². The van der Waals surface area contributed by atoms with Gasteiger partial charge in [-0.2, -0.15) is 0 Å². The summed E-state index contributed by atoms with van der Waals surface area (Å²) in [6, 6.07) is 10.0. The number of carbonyl (C=O) groups excluding carboxylic acids is 2. The van der Waals surface area contributed by atoms with Gasteiger partial charge in [0, 0.05) is 18.7 Å². The van der Waals surface area contributed by atoms with Crippen LogP contribution < -0.4 is 15.4 Å². The Morgan fingerprint density at radius 3 is 2.31 bits per heavy atom. The molecule has 0 spiro atoms. The molecule has 9 heteroatoms. The zero-order valence-corrected chi connectivity index (χ0v) is 17.1. The zero-order chi connectivity index (χ0) is 20.8. The van der Waals surface area contributed by atoms with Gasteiger partial charge in [-0.25, -0.2) is 0 Å². The van der Waals surface area contributed by atoms with Crippen LogP contribution in [-0.2, 0) is 4.79 Å². The minimum absolute atomic E-state index is 0.113. The van der Waals surface area contributed by atoms with Crippen LogP contribution in [0.25, 0.3) is 0 Å². The van der Waals surface area contributed by atoms with Crippen molar-refractivity contribution in [1.82, 2.24) is 10.6 Å². The first-order valence-electron chi connectivity index (χ1n) is 9.23. The summed E-state index contributed by atoms with van der Waals surface area (Å²) in [5, 5.41) is 14.5. The molecule has 2 atom stereocenters. The first kappa shape index (κ1) is 21.1. The fourth-order valence-corrected chi connectivity index (χ4v) is 4.09. The van der Waals surface area contributed by atoms with E-state index in [0.717, 1.165) is 0 Å². The number of aliphatic carboxylic acids is 1. The number of halogens is 1. The molecule has 3 N–H and O–H groups in total. The molecule has 3 rings (SSSR count). The third-order valence-corrected chi connectivity index (χ3v) is 5.88. The van der Waals surface area contributed by atoms with Crippen molar-refractivity contribution in [3.8, 4) is 5.75 Å². The Hall–Kier alpha value is -2.58. The number of benzene rings is 1. The normalized spacial score (nSPS) is 18.2. The van der Waals surface area contributed by atoms with Crippen LogP contribution in [0.1, 0.15) is 39.3 Å². The van der Waals surface area contributed by atoms with E-state index in [0.29, 0.717) is 52.9 Å². The van der Waals surface area contributed by atoms with E-state index in [9.17, 15) is 14.4 Å². The Balaban J connectivity index is 1.40. The molecule has 1 aromatic carbocycles. The number of thiophene rings is 1. The Morgan fingerprint density at radius 1 is 1.03 bits per heavy atom. The van der Waals surface area contributed by atoms with E-state index >= 15 is 0 Å². The number of nitrogens with one attached hydrogen (secondary N) is 2. The lowest BCUT2D eigenvalue weighted by atomic mass is 10.1. The maximum Gasteiger partial charge on any atom is 0.306 e. The van der Waals surface area contributed by atoms with Crippen molar-refractivity contribution in [2.75, 3.05) is 13.1 Å². The van der Waals surface area contributed by atoms with E-state index in [1.165, 1.54) is 11.3 Å². The lowest BCUT2D eigenvalue weighted by Crippen LogP contribution is -2.34. The summed E-state index contributed by atoms with van der Waals surface area (Å²) in [6.07, 6.45) is 1.72. The van der Waals surface area contributed by atoms with Crippen LogP contribution in [0.2, 0.25) is 4.34 Å². The number of carboxylic acid groups (broad SMARTS) is 1. The second-order valence-corrected chi connectivity index (χ2v) is 8.44. The van der Waals surface area contributed by atoms with Crippen LogP contribution in [-0.4, -0.2) is 42.1 Å². The molecule has 1 fully saturated rings. The minimum atomic E-state index is -0.779. The highest BCUT2D eigenvalue weighted by Gasteiger charge is 2.30. The highest BCUT2D eigenvalue weighted by atomic mass is 35.5. The molecule has 0 radical (unpaired) electrons. The lowest BCUT2D eigenvalue weighted by molar-refractivity contribution is -0.141. The summed E-state index contributed by atoms with van der Waals surface area (Å²) in [6.45, 7) is 0.592. The van der Waals surface area contributed by atoms with Crippen LogP contribution >= 0.6 is 22.9 Å². The number of carbonyl (C=O) groups is 3. The Bertz CT molecular complexity index is 883. The maximum absolute atomic E-state index is 12.2. The number of rotatable bonds is 8. The molecule has 1 aliphatic carbocycles. The summed E-state index contributed by atoms with van der Waals surface area (Å²) in [5.41, 5.74) is 0.476. The van der Waals surface area contributed by atoms with Crippen LogP contribution in [0.4, 0.5) is 0 Å². The van der Waals surface area contributed by atoms with E-state index < -0.39 is 5.97 Å². The van der Waals surface area contributed by atoms with Gasteiger partial charge < -0.3 is 20.5 Å². The molecule has 1 aromatic heterocycles. The Morgan fingerprint density at radius 2 is 1.72 bits per heavy atom. The van der Waals surface area contributed by atoms with E-state index in [2.05, 4.69) is 10.6 Å². The largest absolute Gasteiger partial charge is 0.490 e. The van der Waals surface area contributed by atoms with Gasteiger partial charge in [0.2, 0.25) is 0 Å². The molecular formula is C20H21ClN2O5S. The van der Waals surface area contributed by atoms with Crippen molar-refractivity contribution in [3.63, 3.8) is 0 Å². The van der Waals surface area contributed by atoms with Gasteiger partial charge in [-0.05, 0) is 55.7 Å². The van der Waals surface area contributed by atoms with Crippen molar-refractivity contribution in [2.24, 2.45) is 5.92 Å². The third kappa shape index (κ3) is 5.95. The number of ether oxygens (including phenoxy) is 1. The molecule has 1 aliphatic rings. The SMILES string of the molecule is O=C(NCCNC(=O)c1ccc(Cl)s1)c1ccc(O[C@@H]2CC[C@@H](C(=O)O)C2)cc1. The zero-order valence-electron chi connectivity index (χ0n) is 15.5. The lowest BCUT2D eigenvalue weighted by Gasteiger charge is -2.14. The molecule has 1 saturated carbocycles. The predicted octanol–water partition coefficient (Wildman–Crippen LogP) is 3.19. The van der Waals surface area contributed by atoms with Gasteiger partial charge in [-0.3, -0.25) is 14.4 Å². The van der Waals surface area contributed by atoms with Gasteiger partial charge in [0.25, 0.3) is 11.8 Å². The second kappa shape index (κ2) is 9.76. The summed E-state index contributed by atoms with van der Waals surface area (Å²) in [5.74, 6) is -0.994. The molecule has 2 aromatic rings. The average Bonchev–Trinajstić information content (AvgIpc) is 3.35.